The van der Waals surface area contributed by atoms with E-state index in [-0.39, 0.29) is 12.8 Å². The number of nitrogens with zero attached hydrogens (tertiary/aromatic N) is 1. The van der Waals surface area contributed by atoms with Gasteiger partial charge in [-0.2, -0.15) is 0 Å². The second kappa shape index (κ2) is 8.19. The van der Waals surface area contributed by atoms with Gasteiger partial charge in [-0.05, 0) is 51.2 Å². The Morgan fingerprint density at radius 2 is 2.18 bits per heavy atom. The zero-order valence-corrected chi connectivity index (χ0v) is 13.2. The molecule has 0 aliphatic carbocycles. The van der Waals surface area contributed by atoms with Crippen LogP contribution in [0.3, 0.4) is 0 Å². The van der Waals surface area contributed by atoms with E-state index in [0.29, 0.717) is 12.8 Å². The molecular formula is C16H26FN3O2. The van der Waals surface area contributed by atoms with Gasteiger partial charge in [-0.3, -0.25) is 9.78 Å². The van der Waals surface area contributed by atoms with Gasteiger partial charge in [-0.25, -0.2) is 4.39 Å². The van der Waals surface area contributed by atoms with Crippen molar-refractivity contribution in [1.29, 1.82) is 0 Å². The second-order valence-corrected chi connectivity index (χ2v) is 6.39. The first kappa shape index (κ1) is 18.5. The number of aliphatic hydroxyl groups is 1. The van der Waals surface area contributed by atoms with Crippen molar-refractivity contribution in [3.05, 3.63) is 30.1 Å². The molecule has 0 aliphatic heterocycles. The fourth-order valence-corrected chi connectivity index (χ4v) is 2.29. The van der Waals surface area contributed by atoms with E-state index in [4.69, 9.17) is 11.5 Å². The van der Waals surface area contributed by atoms with Crippen LogP contribution in [-0.2, 0) is 11.2 Å². The monoisotopic (exact) mass is 311 g/mol. The summed E-state index contributed by atoms with van der Waals surface area (Å²) in [4.78, 5) is 15.5. The molecule has 5 N–H and O–H groups in total. The molecule has 1 aromatic rings. The molecule has 0 radical (unpaired) electrons. The maximum atomic E-state index is 13.5. The molecule has 3 unspecified atom stereocenters. The van der Waals surface area contributed by atoms with E-state index >= 15 is 0 Å². The van der Waals surface area contributed by atoms with Gasteiger partial charge in [-0.1, -0.05) is 6.07 Å². The van der Waals surface area contributed by atoms with E-state index in [1.54, 1.807) is 18.5 Å². The van der Waals surface area contributed by atoms with Crippen LogP contribution >= 0.6 is 0 Å². The lowest BCUT2D eigenvalue weighted by Crippen LogP contribution is -2.40. The van der Waals surface area contributed by atoms with Crippen LogP contribution in [0.2, 0.25) is 0 Å². The van der Waals surface area contributed by atoms with Crippen LogP contribution in [0.4, 0.5) is 4.39 Å². The van der Waals surface area contributed by atoms with E-state index in [1.807, 2.05) is 6.07 Å². The van der Waals surface area contributed by atoms with Crippen LogP contribution in [0, 0.1) is 5.92 Å². The topological polar surface area (TPSA) is 102 Å². The third-order valence-corrected chi connectivity index (χ3v) is 3.70. The van der Waals surface area contributed by atoms with Crippen molar-refractivity contribution in [3.63, 3.8) is 0 Å². The normalized spacial score (nSPS) is 16.0. The van der Waals surface area contributed by atoms with E-state index in [1.165, 1.54) is 13.8 Å². The minimum Gasteiger partial charge on any atom is -0.391 e. The minimum absolute atomic E-state index is 0.146. The number of carbonyl (C=O) groups excluding carboxylic acids is 1. The summed E-state index contributed by atoms with van der Waals surface area (Å²) in [6, 6.07) is 3.14. The summed E-state index contributed by atoms with van der Waals surface area (Å²) in [5.41, 5.74) is 10.9. The van der Waals surface area contributed by atoms with Gasteiger partial charge in [0.2, 0.25) is 5.91 Å². The maximum absolute atomic E-state index is 13.5. The largest absolute Gasteiger partial charge is 0.391 e. The number of aromatic nitrogens is 1. The predicted molar refractivity (Wildman–Crippen MR) is 83.6 cm³/mol. The van der Waals surface area contributed by atoms with Crippen LogP contribution in [-0.4, -0.2) is 33.8 Å². The van der Waals surface area contributed by atoms with Crippen LogP contribution in [0.25, 0.3) is 0 Å². The minimum atomic E-state index is -1.36. The molecule has 3 atom stereocenters. The van der Waals surface area contributed by atoms with Crippen molar-refractivity contribution in [3.8, 4) is 0 Å². The highest BCUT2D eigenvalue weighted by Gasteiger charge is 2.26. The fraction of sp³-hybridized carbons (Fsp3) is 0.625. The number of alkyl halides is 1. The Labute approximate surface area is 130 Å². The Kier molecular flexibility index (Phi) is 6.90. The smallest absolute Gasteiger partial charge is 0.220 e. The Hall–Kier alpha value is -1.53. The van der Waals surface area contributed by atoms with Crippen molar-refractivity contribution in [1.82, 2.24) is 4.98 Å². The Balaban J connectivity index is 2.55. The van der Waals surface area contributed by atoms with Gasteiger partial charge in [0, 0.05) is 24.4 Å². The molecule has 0 spiro atoms. The molecule has 0 saturated carbocycles. The molecule has 6 heteroatoms. The summed E-state index contributed by atoms with van der Waals surface area (Å²) >= 11 is 0. The van der Waals surface area contributed by atoms with Gasteiger partial charge in [0.1, 0.15) is 5.67 Å². The molecular weight excluding hydrogens is 285 g/mol. The number of rotatable bonds is 9. The molecule has 0 saturated heterocycles. The van der Waals surface area contributed by atoms with Gasteiger partial charge < -0.3 is 16.6 Å². The van der Waals surface area contributed by atoms with Gasteiger partial charge in [0.15, 0.2) is 0 Å². The second-order valence-electron chi connectivity index (χ2n) is 6.39. The number of carbonyl (C=O) groups is 1. The molecule has 22 heavy (non-hydrogen) atoms. The molecule has 0 fully saturated rings. The summed E-state index contributed by atoms with van der Waals surface area (Å²) < 4.78 is 13.5. The number of pyridine rings is 1. The first-order valence-corrected chi connectivity index (χ1v) is 7.50. The highest BCUT2D eigenvalue weighted by atomic mass is 19.1. The SMILES string of the molecule is CC(C)(F)CCC(CC(O)C(N)Cc1cccnc1)C(N)=O. The number of amides is 1. The van der Waals surface area contributed by atoms with E-state index in [2.05, 4.69) is 4.98 Å². The molecule has 1 heterocycles. The van der Waals surface area contributed by atoms with Crippen LogP contribution < -0.4 is 11.5 Å². The predicted octanol–water partition coefficient (Wildman–Crippen LogP) is 1.33. The molecule has 5 nitrogen and oxygen atoms in total. The zero-order chi connectivity index (χ0) is 16.8. The third kappa shape index (κ3) is 6.95. The Bertz CT molecular complexity index is 462. The lowest BCUT2D eigenvalue weighted by molar-refractivity contribution is -0.123. The number of hydrogen-bond acceptors (Lipinski definition) is 4. The third-order valence-electron chi connectivity index (χ3n) is 3.70. The molecule has 0 aliphatic rings. The number of primary amides is 1. The first-order valence-electron chi connectivity index (χ1n) is 7.50. The molecule has 124 valence electrons. The standard InChI is InChI=1S/C16H26FN3O2/c1-16(2,17)6-5-12(15(19)22)9-14(21)13(18)8-11-4-3-7-20-10-11/h3-4,7,10,12-14,21H,5-6,8-9,18H2,1-2H3,(H2,19,22). The van der Waals surface area contributed by atoms with Crippen molar-refractivity contribution < 1.29 is 14.3 Å². The van der Waals surface area contributed by atoms with E-state index in [0.717, 1.165) is 5.56 Å². The molecule has 1 amide bonds. The summed E-state index contributed by atoms with van der Waals surface area (Å²) in [5.74, 6) is -1.11. The Morgan fingerprint density at radius 1 is 1.50 bits per heavy atom. The van der Waals surface area contributed by atoms with Crippen molar-refractivity contribution in [2.75, 3.05) is 0 Å². The number of nitrogens with two attached hydrogens (primary N) is 2. The summed E-state index contributed by atoms with van der Waals surface area (Å²) in [5, 5.41) is 10.2. The Morgan fingerprint density at radius 3 is 2.68 bits per heavy atom. The van der Waals surface area contributed by atoms with Crippen LogP contribution in [0.5, 0.6) is 0 Å². The summed E-state index contributed by atoms with van der Waals surface area (Å²) in [7, 11) is 0. The first-order chi connectivity index (χ1) is 10.2. The maximum Gasteiger partial charge on any atom is 0.220 e. The number of aliphatic hydroxyl groups excluding tert-OH is 1. The van der Waals surface area contributed by atoms with Crippen molar-refractivity contribution in [2.45, 2.75) is 57.3 Å². The number of hydrogen-bond donors (Lipinski definition) is 3. The highest BCUT2D eigenvalue weighted by Crippen LogP contribution is 2.23. The van der Waals surface area contributed by atoms with Crippen molar-refractivity contribution >= 4 is 5.91 Å². The zero-order valence-electron chi connectivity index (χ0n) is 13.2. The highest BCUT2D eigenvalue weighted by molar-refractivity contribution is 5.76. The summed E-state index contributed by atoms with van der Waals surface area (Å²) in [6.45, 7) is 2.91. The molecule has 0 bridgehead atoms. The molecule has 0 aromatic carbocycles. The van der Waals surface area contributed by atoms with Crippen molar-refractivity contribution in [2.24, 2.45) is 17.4 Å². The molecule has 1 aromatic heterocycles. The molecule has 1 rings (SSSR count). The quantitative estimate of drug-likeness (QED) is 0.640. The summed E-state index contributed by atoms with van der Waals surface area (Å²) in [6.07, 6.45) is 3.58. The van der Waals surface area contributed by atoms with E-state index < -0.39 is 29.6 Å². The van der Waals surface area contributed by atoms with Gasteiger partial charge in [0.25, 0.3) is 0 Å². The van der Waals surface area contributed by atoms with Gasteiger partial charge in [-0.15, -0.1) is 0 Å². The van der Waals surface area contributed by atoms with E-state index in [9.17, 15) is 14.3 Å². The lowest BCUT2D eigenvalue weighted by Gasteiger charge is -2.24. The lowest BCUT2D eigenvalue weighted by atomic mass is 9.88. The number of halogens is 1. The fourth-order valence-electron chi connectivity index (χ4n) is 2.29. The van der Waals surface area contributed by atoms with Gasteiger partial charge >= 0.3 is 0 Å². The van der Waals surface area contributed by atoms with Crippen LogP contribution in [0.15, 0.2) is 24.5 Å². The average Bonchev–Trinajstić information content (AvgIpc) is 2.42. The van der Waals surface area contributed by atoms with Crippen LogP contribution in [0.1, 0.15) is 38.7 Å². The van der Waals surface area contributed by atoms with Gasteiger partial charge in [0.05, 0.1) is 6.10 Å². The average molecular weight is 311 g/mol.